The van der Waals surface area contributed by atoms with Crippen molar-refractivity contribution in [1.29, 1.82) is 0 Å². The van der Waals surface area contributed by atoms with Crippen LogP contribution in [0.15, 0.2) is 0 Å². The van der Waals surface area contributed by atoms with Gasteiger partial charge in [0, 0.05) is 25.8 Å². The fraction of sp³-hybridized carbons (Fsp3) is 0.875. The first-order valence-electron chi connectivity index (χ1n) is 7.93. The summed E-state index contributed by atoms with van der Waals surface area (Å²) in [6.45, 7) is 4.69. The molecule has 19 heavy (non-hydrogen) atoms. The standard InChI is InChI=1S/C16H27NO2/c1-3-4-8-14-15(19)9-7-11-16(14)10-5-6-12-17(16)13(2)18/h14H,3-12H2,1-2H3. The predicted octanol–water partition coefficient (Wildman–Crippen LogP) is 3.32. The third kappa shape index (κ3) is 2.70. The molecule has 3 nitrogen and oxygen atoms in total. The average Bonchev–Trinajstić information content (AvgIpc) is 2.38. The molecule has 108 valence electrons. The van der Waals surface area contributed by atoms with E-state index in [1.165, 1.54) is 6.42 Å². The molecular formula is C16H27NO2. The SMILES string of the molecule is CCCCC1C(=O)CCCC12CCCCN2C(C)=O. The van der Waals surface area contributed by atoms with Crippen LogP contribution in [0.3, 0.4) is 0 Å². The number of rotatable bonds is 3. The van der Waals surface area contributed by atoms with Crippen LogP contribution in [-0.2, 0) is 9.59 Å². The third-order valence-electron chi connectivity index (χ3n) is 5.08. The second kappa shape index (κ2) is 6.06. The maximum Gasteiger partial charge on any atom is 0.219 e. The minimum atomic E-state index is -0.130. The van der Waals surface area contributed by atoms with Crippen LogP contribution in [0.4, 0.5) is 0 Å². The number of nitrogens with zero attached hydrogens (tertiary/aromatic N) is 1. The summed E-state index contributed by atoms with van der Waals surface area (Å²) in [6, 6.07) is 0. The molecule has 0 aromatic heterocycles. The monoisotopic (exact) mass is 265 g/mol. The molecule has 2 atom stereocenters. The van der Waals surface area contributed by atoms with Gasteiger partial charge in [0.15, 0.2) is 0 Å². The Hall–Kier alpha value is -0.860. The highest BCUT2D eigenvalue weighted by atomic mass is 16.2. The first-order chi connectivity index (χ1) is 9.12. The molecule has 2 aliphatic rings. The summed E-state index contributed by atoms with van der Waals surface area (Å²) in [7, 11) is 0. The molecule has 2 unspecified atom stereocenters. The number of carbonyl (C=O) groups is 2. The molecular weight excluding hydrogens is 238 g/mol. The zero-order valence-corrected chi connectivity index (χ0v) is 12.4. The number of unbranched alkanes of at least 4 members (excludes halogenated alkanes) is 1. The highest BCUT2D eigenvalue weighted by Gasteiger charge is 2.50. The molecule has 1 aliphatic carbocycles. The van der Waals surface area contributed by atoms with E-state index in [1.54, 1.807) is 6.92 Å². The van der Waals surface area contributed by atoms with Gasteiger partial charge < -0.3 is 4.90 Å². The molecule has 1 saturated heterocycles. The number of hydrogen-bond acceptors (Lipinski definition) is 2. The molecule has 1 spiro atoms. The van der Waals surface area contributed by atoms with Crippen molar-refractivity contribution in [1.82, 2.24) is 4.90 Å². The maximum absolute atomic E-state index is 12.4. The van der Waals surface area contributed by atoms with Crippen molar-refractivity contribution in [2.45, 2.75) is 77.2 Å². The zero-order chi connectivity index (χ0) is 13.9. The van der Waals surface area contributed by atoms with E-state index in [9.17, 15) is 9.59 Å². The topological polar surface area (TPSA) is 37.4 Å². The second-order valence-electron chi connectivity index (χ2n) is 6.25. The van der Waals surface area contributed by atoms with Gasteiger partial charge in [-0.05, 0) is 38.5 Å². The first kappa shape index (κ1) is 14.5. The minimum Gasteiger partial charge on any atom is -0.337 e. The van der Waals surface area contributed by atoms with E-state index in [0.29, 0.717) is 5.78 Å². The summed E-state index contributed by atoms with van der Waals surface area (Å²) in [5.41, 5.74) is -0.130. The number of hydrogen-bond donors (Lipinski definition) is 0. The Morgan fingerprint density at radius 1 is 1.32 bits per heavy atom. The van der Waals surface area contributed by atoms with Gasteiger partial charge in [-0.25, -0.2) is 0 Å². The van der Waals surface area contributed by atoms with E-state index >= 15 is 0 Å². The fourth-order valence-corrected chi connectivity index (χ4v) is 4.21. The van der Waals surface area contributed by atoms with Crippen molar-refractivity contribution >= 4 is 11.7 Å². The fourth-order valence-electron chi connectivity index (χ4n) is 4.21. The van der Waals surface area contributed by atoms with Gasteiger partial charge in [0.1, 0.15) is 5.78 Å². The van der Waals surface area contributed by atoms with Gasteiger partial charge in [-0.1, -0.05) is 19.8 Å². The number of ketones is 1. The number of amides is 1. The molecule has 0 bridgehead atoms. The highest BCUT2D eigenvalue weighted by molar-refractivity contribution is 5.85. The van der Waals surface area contributed by atoms with Crippen molar-refractivity contribution in [2.24, 2.45) is 5.92 Å². The van der Waals surface area contributed by atoms with Crippen LogP contribution in [0, 0.1) is 5.92 Å². The van der Waals surface area contributed by atoms with Crippen LogP contribution >= 0.6 is 0 Å². The molecule has 2 rings (SSSR count). The number of Topliss-reactive ketones (excluding diaryl/α,β-unsaturated/α-hetero) is 1. The van der Waals surface area contributed by atoms with Crippen LogP contribution in [0.5, 0.6) is 0 Å². The maximum atomic E-state index is 12.4. The van der Waals surface area contributed by atoms with Gasteiger partial charge in [0.2, 0.25) is 5.91 Å². The Kier molecular flexibility index (Phi) is 4.64. The molecule has 0 aromatic rings. The Morgan fingerprint density at radius 2 is 2.05 bits per heavy atom. The zero-order valence-electron chi connectivity index (χ0n) is 12.4. The third-order valence-corrected chi connectivity index (χ3v) is 5.08. The van der Waals surface area contributed by atoms with E-state index < -0.39 is 0 Å². The van der Waals surface area contributed by atoms with Gasteiger partial charge in [0.25, 0.3) is 0 Å². The van der Waals surface area contributed by atoms with Crippen molar-refractivity contribution in [3.8, 4) is 0 Å². The Labute approximate surface area is 116 Å². The van der Waals surface area contributed by atoms with Crippen LogP contribution < -0.4 is 0 Å². The van der Waals surface area contributed by atoms with E-state index in [1.807, 2.05) is 4.90 Å². The minimum absolute atomic E-state index is 0.102. The lowest BCUT2D eigenvalue weighted by atomic mass is 9.65. The lowest BCUT2D eigenvalue weighted by Crippen LogP contribution is -2.61. The number of likely N-dealkylation sites (tertiary alicyclic amines) is 1. The van der Waals surface area contributed by atoms with Gasteiger partial charge in [-0.2, -0.15) is 0 Å². The van der Waals surface area contributed by atoms with Gasteiger partial charge >= 0.3 is 0 Å². The predicted molar refractivity (Wildman–Crippen MR) is 75.8 cm³/mol. The summed E-state index contributed by atoms with van der Waals surface area (Å²) >= 11 is 0. The van der Waals surface area contributed by atoms with Gasteiger partial charge in [-0.15, -0.1) is 0 Å². The van der Waals surface area contributed by atoms with Crippen LogP contribution in [0.2, 0.25) is 0 Å². The normalized spacial score (nSPS) is 31.8. The molecule has 2 fully saturated rings. The van der Waals surface area contributed by atoms with Crippen LogP contribution in [-0.4, -0.2) is 28.7 Å². The van der Waals surface area contributed by atoms with Crippen molar-refractivity contribution in [2.75, 3.05) is 6.54 Å². The molecule has 3 heteroatoms. The summed E-state index contributed by atoms with van der Waals surface area (Å²) in [5, 5.41) is 0. The Bertz CT molecular complexity index is 349. The average molecular weight is 265 g/mol. The molecule has 0 radical (unpaired) electrons. The van der Waals surface area contributed by atoms with Crippen molar-refractivity contribution < 1.29 is 9.59 Å². The lowest BCUT2D eigenvalue weighted by Gasteiger charge is -2.53. The molecule has 0 N–H and O–H groups in total. The van der Waals surface area contributed by atoms with E-state index in [4.69, 9.17) is 0 Å². The quantitative estimate of drug-likeness (QED) is 0.785. The van der Waals surface area contributed by atoms with Crippen LogP contribution in [0.25, 0.3) is 0 Å². The Morgan fingerprint density at radius 3 is 2.74 bits per heavy atom. The molecule has 1 heterocycles. The lowest BCUT2D eigenvalue weighted by molar-refractivity contribution is -0.149. The van der Waals surface area contributed by atoms with E-state index in [2.05, 4.69) is 6.92 Å². The van der Waals surface area contributed by atoms with Gasteiger partial charge in [-0.3, -0.25) is 9.59 Å². The molecule has 0 aromatic carbocycles. The summed E-state index contributed by atoms with van der Waals surface area (Å²) in [5.74, 6) is 0.675. The summed E-state index contributed by atoms with van der Waals surface area (Å²) in [4.78, 5) is 26.5. The smallest absolute Gasteiger partial charge is 0.219 e. The molecule has 1 amide bonds. The molecule has 1 saturated carbocycles. The van der Waals surface area contributed by atoms with Crippen molar-refractivity contribution in [3.63, 3.8) is 0 Å². The summed E-state index contributed by atoms with van der Waals surface area (Å²) < 4.78 is 0. The number of piperidine rings is 1. The first-order valence-corrected chi connectivity index (χ1v) is 7.93. The van der Waals surface area contributed by atoms with Crippen LogP contribution in [0.1, 0.15) is 71.6 Å². The largest absolute Gasteiger partial charge is 0.337 e. The van der Waals surface area contributed by atoms with E-state index in [0.717, 1.165) is 57.9 Å². The second-order valence-corrected chi connectivity index (χ2v) is 6.25. The highest BCUT2D eigenvalue weighted by Crippen LogP contribution is 2.45. The Balaban J connectivity index is 2.28. The molecule has 1 aliphatic heterocycles. The van der Waals surface area contributed by atoms with E-state index in [-0.39, 0.29) is 17.4 Å². The van der Waals surface area contributed by atoms with Gasteiger partial charge in [0.05, 0.1) is 5.54 Å². The number of carbonyl (C=O) groups excluding carboxylic acids is 2. The summed E-state index contributed by atoms with van der Waals surface area (Å²) in [6.07, 6.45) is 9.21. The van der Waals surface area contributed by atoms with Crippen molar-refractivity contribution in [3.05, 3.63) is 0 Å².